The largest absolute Gasteiger partial charge is 0.481 e. The van der Waals surface area contributed by atoms with Crippen molar-refractivity contribution in [2.75, 3.05) is 13.1 Å². The second kappa shape index (κ2) is 5.72. The first kappa shape index (κ1) is 15.0. The molecule has 2 unspecified atom stereocenters. The molecule has 0 bridgehead atoms. The van der Waals surface area contributed by atoms with Crippen LogP contribution in [-0.4, -0.2) is 35.0 Å². The van der Waals surface area contributed by atoms with E-state index in [4.69, 9.17) is 0 Å². The molecule has 2 atom stereocenters. The third-order valence-electron chi connectivity index (χ3n) is 4.50. The Labute approximate surface area is 109 Å². The zero-order valence-electron chi connectivity index (χ0n) is 11.9. The van der Waals surface area contributed by atoms with Crippen molar-refractivity contribution in [3.63, 3.8) is 0 Å². The fourth-order valence-electron chi connectivity index (χ4n) is 2.35. The molecule has 1 N–H and O–H groups in total. The predicted molar refractivity (Wildman–Crippen MR) is 70.2 cm³/mol. The number of hydrogen-bond donors (Lipinski definition) is 1. The molecule has 4 nitrogen and oxygen atoms in total. The van der Waals surface area contributed by atoms with Gasteiger partial charge in [0.05, 0.1) is 5.41 Å². The molecule has 1 rings (SSSR count). The molecule has 104 valence electrons. The standard InChI is InChI=1S/C14H25NO3/c1-5-11-6-7-15(9-11)12(16)8-14(4,10(2)3)13(17)18/h10-11H,5-9H2,1-4H3,(H,17,18). The van der Waals surface area contributed by atoms with Crippen molar-refractivity contribution in [2.45, 2.75) is 47.0 Å². The van der Waals surface area contributed by atoms with Crippen molar-refractivity contribution in [1.29, 1.82) is 0 Å². The topological polar surface area (TPSA) is 57.6 Å². The minimum absolute atomic E-state index is 0.00968. The molecule has 0 aliphatic carbocycles. The lowest BCUT2D eigenvalue weighted by atomic mass is 9.76. The number of amides is 1. The molecular formula is C14H25NO3. The fraction of sp³-hybridized carbons (Fsp3) is 0.857. The van der Waals surface area contributed by atoms with Crippen LogP contribution in [0.5, 0.6) is 0 Å². The monoisotopic (exact) mass is 255 g/mol. The summed E-state index contributed by atoms with van der Waals surface area (Å²) in [7, 11) is 0. The molecule has 0 aromatic carbocycles. The number of carboxylic acid groups (broad SMARTS) is 1. The average Bonchev–Trinajstić information content (AvgIpc) is 2.76. The second-order valence-electron chi connectivity index (χ2n) is 5.96. The number of hydrogen-bond acceptors (Lipinski definition) is 2. The molecule has 1 saturated heterocycles. The van der Waals surface area contributed by atoms with Crippen molar-refractivity contribution in [3.8, 4) is 0 Å². The molecule has 1 amide bonds. The number of carboxylic acids is 1. The van der Waals surface area contributed by atoms with Gasteiger partial charge in [-0.15, -0.1) is 0 Å². The van der Waals surface area contributed by atoms with Gasteiger partial charge in [-0.3, -0.25) is 9.59 Å². The highest BCUT2D eigenvalue weighted by Gasteiger charge is 2.40. The Bertz CT molecular complexity index is 327. The van der Waals surface area contributed by atoms with Crippen LogP contribution in [0.2, 0.25) is 0 Å². The van der Waals surface area contributed by atoms with Gasteiger partial charge in [-0.05, 0) is 25.2 Å². The van der Waals surface area contributed by atoms with Gasteiger partial charge >= 0.3 is 5.97 Å². The molecule has 0 aromatic heterocycles. The van der Waals surface area contributed by atoms with Crippen molar-refractivity contribution in [1.82, 2.24) is 4.90 Å². The molecule has 1 aliphatic rings. The zero-order chi connectivity index (χ0) is 13.9. The molecule has 1 fully saturated rings. The van der Waals surface area contributed by atoms with E-state index in [0.717, 1.165) is 25.9 Å². The summed E-state index contributed by atoms with van der Waals surface area (Å²) in [5.41, 5.74) is -0.957. The van der Waals surface area contributed by atoms with Crippen molar-refractivity contribution < 1.29 is 14.7 Å². The highest BCUT2D eigenvalue weighted by molar-refractivity contribution is 5.85. The third-order valence-corrected chi connectivity index (χ3v) is 4.50. The SMILES string of the molecule is CCC1CCN(C(=O)CC(C)(C(=O)O)C(C)C)C1. The quantitative estimate of drug-likeness (QED) is 0.820. The Kier molecular flexibility index (Phi) is 4.77. The predicted octanol–water partition coefficient (Wildman–Crippen LogP) is 2.38. The van der Waals surface area contributed by atoms with Crippen LogP contribution in [0.1, 0.15) is 47.0 Å². The Hall–Kier alpha value is -1.06. The summed E-state index contributed by atoms with van der Waals surface area (Å²) < 4.78 is 0. The Balaban J connectivity index is 2.66. The van der Waals surface area contributed by atoms with Crippen LogP contribution in [0.15, 0.2) is 0 Å². The van der Waals surface area contributed by atoms with Crippen molar-refractivity contribution in [3.05, 3.63) is 0 Å². The van der Waals surface area contributed by atoms with Crippen LogP contribution in [0.4, 0.5) is 0 Å². The highest BCUT2D eigenvalue weighted by atomic mass is 16.4. The first-order valence-electron chi connectivity index (χ1n) is 6.82. The lowest BCUT2D eigenvalue weighted by Crippen LogP contribution is -2.40. The van der Waals surface area contributed by atoms with Gasteiger partial charge < -0.3 is 10.0 Å². The molecule has 0 aromatic rings. The maximum absolute atomic E-state index is 12.2. The van der Waals surface area contributed by atoms with E-state index in [9.17, 15) is 14.7 Å². The minimum atomic E-state index is -0.957. The lowest BCUT2D eigenvalue weighted by Gasteiger charge is -2.30. The van der Waals surface area contributed by atoms with Gasteiger partial charge in [0.2, 0.25) is 5.91 Å². The molecule has 0 radical (unpaired) electrons. The normalized spacial score (nSPS) is 23.2. The first-order valence-corrected chi connectivity index (χ1v) is 6.82. The van der Waals surface area contributed by atoms with Gasteiger partial charge in [-0.1, -0.05) is 27.2 Å². The summed E-state index contributed by atoms with van der Waals surface area (Å²) in [5, 5.41) is 9.32. The number of aliphatic carboxylic acids is 1. The summed E-state index contributed by atoms with van der Waals surface area (Å²) in [6, 6.07) is 0. The van der Waals surface area contributed by atoms with E-state index in [1.165, 1.54) is 0 Å². The summed E-state index contributed by atoms with van der Waals surface area (Å²) in [6.45, 7) is 9.11. The van der Waals surface area contributed by atoms with E-state index in [-0.39, 0.29) is 18.2 Å². The number of rotatable bonds is 5. The fourth-order valence-corrected chi connectivity index (χ4v) is 2.35. The molecule has 1 aliphatic heterocycles. The van der Waals surface area contributed by atoms with Crippen LogP contribution in [0.3, 0.4) is 0 Å². The molecular weight excluding hydrogens is 230 g/mol. The van der Waals surface area contributed by atoms with Gasteiger partial charge in [-0.2, -0.15) is 0 Å². The third kappa shape index (κ3) is 3.03. The smallest absolute Gasteiger partial charge is 0.310 e. The van der Waals surface area contributed by atoms with Crippen molar-refractivity contribution >= 4 is 11.9 Å². The Morgan fingerprint density at radius 2 is 2.06 bits per heavy atom. The lowest BCUT2D eigenvalue weighted by molar-refractivity contribution is -0.155. The Morgan fingerprint density at radius 1 is 1.44 bits per heavy atom. The van der Waals surface area contributed by atoms with Gasteiger partial charge in [0.1, 0.15) is 0 Å². The molecule has 0 saturated carbocycles. The zero-order valence-corrected chi connectivity index (χ0v) is 11.9. The maximum atomic E-state index is 12.2. The van der Waals surface area contributed by atoms with Crippen molar-refractivity contribution in [2.24, 2.45) is 17.3 Å². The van der Waals surface area contributed by atoms with Gasteiger partial charge in [0.25, 0.3) is 0 Å². The van der Waals surface area contributed by atoms with E-state index < -0.39 is 11.4 Å². The van der Waals surface area contributed by atoms with Gasteiger partial charge in [0, 0.05) is 19.5 Å². The van der Waals surface area contributed by atoms with Gasteiger partial charge in [0.15, 0.2) is 0 Å². The first-order chi connectivity index (χ1) is 8.31. The highest BCUT2D eigenvalue weighted by Crippen LogP contribution is 2.33. The van der Waals surface area contributed by atoms with E-state index in [1.54, 1.807) is 6.92 Å². The van der Waals surface area contributed by atoms with Gasteiger partial charge in [-0.25, -0.2) is 0 Å². The van der Waals surface area contributed by atoms with Crippen LogP contribution in [-0.2, 0) is 9.59 Å². The second-order valence-corrected chi connectivity index (χ2v) is 5.96. The van der Waals surface area contributed by atoms with E-state index in [1.807, 2.05) is 18.7 Å². The minimum Gasteiger partial charge on any atom is -0.481 e. The number of nitrogens with zero attached hydrogens (tertiary/aromatic N) is 1. The summed E-state index contributed by atoms with van der Waals surface area (Å²) in [6.07, 6.45) is 2.24. The number of carbonyl (C=O) groups is 2. The van der Waals surface area contributed by atoms with E-state index >= 15 is 0 Å². The molecule has 18 heavy (non-hydrogen) atoms. The van der Waals surface area contributed by atoms with Crippen LogP contribution >= 0.6 is 0 Å². The molecule has 0 spiro atoms. The summed E-state index contributed by atoms with van der Waals surface area (Å²) in [4.78, 5) is 25.4. The van der Waals surface area contributed by atoms with Crippen LogP contribution in [0.25, 0.3) is 0 Å². The van der Waals surface area contributed by atoms with E-state index in [2.05, 4.69) is 6.92 Å². The molecule has 1 heterocycles. The Morgan fingerprint density at radius 3 is 2.44 bits per heavy atom. The number of carbonyl (C=O) groups excluding carboxylic acids is 1. The summed E-state index contributed by atoms with van der Waals surface area (Å²) >= 11 is 0. The summed E-state index contributed by atoms with van der Waals surface area (Å²) in [5.74, 6) is -0.353. The van der Waals surface area contributed by atoms with Crippen LogP contribution in [0, 0.1) is 17.3 Å². The average molecular weight is 255 g/mol. The number of likely N-dealkylation sites (tertiary alicyclic amines) is 1. The van der Waals surface area contributed by atoms with E-state index in [0.29, 0.717) is 5.92 Å². The maximum Gasteiger partial charge on any atom is 0.310 e. The molecule has 4 heteroatoms. The van der Waals surface area contributed by atoms with Crippen LogP contribution < -0.4 is 0 Å².